The molecule has 19 heavy (non-hydrogen) atoms. The number of nitrogens with two attached hydrogens (primary N) is 1. The van der Waals surface area contributed by atoms with Gasteiger partial charge >= 0.3 is 0 Å². The molecular weight excluding hydrogens is 240 g/mol. The van der Waals surface area contributed by atoms with E-state index < -0.39 is 12.1 Å². The molecule has 2 atom stereocenters. The summed E-state index contributed by atoms with van der Waals surface area (Å²) in [6.45, 7) is 7.99. The lowest BCUT2D eigenvalue weighted by atomic mass is 9.87. The molecule has 4 N–H and O–H groups in total. The first kappa shape index (κ1) is 15.7. The summed E-state index contributed by atoms with van der Waals surface area (Å²) in [4.78, 5) is 11.9. The smallest absolute Gasteiger partial charge is 0.237 e. The molecule has 0 aliphatic carbocycles. The zero-order chi connectivity index (χ0) is 14.6. The second-order valence-corrected chi connectivity index (χ2v) is 5.98. The van der Waals surface area contributed by atoms with Crippen molar-refractivity contribution < 1.29 is 9.90 Å². The molecule has 1 aromatic carbocycles. The van der Waals surface area contributed by atoms with Crippen LogP contribution in [0.25, 0.3) is 0 Å². The quantitative estimate of drug-likeness (QED) is 0.775. The molecule has 1 aromatic rings. The minimum atomic E-state index is -0.524. The third-order valence-electron chi connectivity index (χ3n) is 3.14. The zero-order valence-electron chi connectivity index (χ0n) is 12.1. The Bertz CT molecular complexity index is 419. The number of benzene rings is 1. The van der Waals surface area contributed by atoms with Crippen LogP contribution in [0.2, 0.25) is 0 Å². The molecule has 106 valence electrons. The third kappa shape index (κ3) is 4.65. The number of amides is 1. The van der Waals surface area contributed by atoms with Gasteiger partial charge in [-0.1, -0.05) is 45.0 Å². The van der Waals surface area contributed by atoms with Crippen LogP contribution in [0.3, 0.4) is 0 Å². The van der Waals surface area contributed by atoms with E-state index in [0.717, 1.165) is 11.1 Å². The second-order valence-electron chi connectivity index (χ2n) is 5.98. The number of nitrogens with one attached hydrogen (secondary N) is 1. The number of rotatable bonds is 4. The molecule has 0 spiro atoms. The first-order valence-electron chi connectivity index (χ1n) is 6.52. The van der Waals surface area contributed by atoms with Crippen LogP contribution < -0.4 is 11.1 Å². The van der Waals surface area contributed by atoms with Crippen LogP contribution in [-0.4, -0.2) is 17.1 Å². The second kappa shape index (κ2) is 6.17. The first-order chi connectivity index (χ1) is 8.71. The van der Waals surface area contributed by atoms with Gasteiger partial charge in [-0.3, -0.25) is 4.79 Å². The van der Waals surface area contributed by atoms with Crippen LogP contribution in [0.1, 0.15) is 44.9 Å². The topological polar surface area (TPSA) is 75.3 Å². The Labute approximate surface area is 115 Å². The Morgan fingerprint density at radius 2 is 1.84 bits per heavy atom. The van der Waals surface area contributed by atoms with Crippen molar-refractivity contribution in [1.82, 2.24) is 5.32 Å². The third-order valence-corrected chi connectivity index (χ3v) is 3.14. The van der Waals surface area contributed by atoms with Gasteiger partial charge in [0.2, 0.25) is 5.91 Å². The predicted octanol–water partition coefficient (Wildman–Crippen LogP) is 1.73. The number of carbonyl (C=O) groups is 1. The summed E-state index contributed by atoms with van der Waals surface area (Å²) in [5.41, 5.74) is 7.47. The zero-order valence-corrected chi connectivity index (χ0v) is 12.1. The molecule has 0 fully saturated rings. The average Bonchev–Trinajstić information content (AvgIpc) is 2.34. The molecule has 0 bridgehead atoms. The Morgan fingerprint density at radius 1 is 1.32 bits per heavy atom. The lowest BCUT2D eigenvalue weighted by molar-refractivity contribution is -0.124. The largest absolute Gasteiger partial charge is 0.389 e. The van der Waals surface area contributed by atoms with Crippen LogP contribution in [0.5, 0.6) is 0 Å². The van der Waals surface area contributed by atoms with Crippen molar-refractivity contribution in [2.45, 2.75) is 46.4 Å². The van der Waals surface area contributed by atoms with E-state index in [4.69, 9.17) is 5.73 Å². The number of hydrogen-bond donors (Lipinski definition) is 3. The van der Waals surface area contributed by atoms with Crippen LogP contribution in [0.4, 0.5) is 0 Å². The Balaban J connectivity index is 2.55. The molecule has 4 heteroatoms. The molecule has 0 saturated heterocycles. The fourth-order valence-corrected chi connectivity index (χ4v) is 1.61. The van der Waals surface area contributed by atoms with E-state index in [-0.39, 0.29) is 11.3 Å². The van der Waals surface area contributed by atoms with E-state index in [0.29, 0.717) is 6.54 Å². The van der Waals surface area contributed by atoms with Crippen LogP contribution in [-0.2, 0) is 11.3 Å². The van der Waals surface area contributed by atoms with E-state index in [9.17, 15) is 9.90 Å². The van der Waals surface area contributed by atoms with Gasteiger partial charge in [-0.25, -0.2) is 0 Å². The van der Waals surface area contributed by atoms with Crippen LogP contribution >= 0.6 is 0 Å². The van der Waals surface area contributed by atoms with Crippen molar-refractivity contribution in [1.29, 1.82) is 0 Å². The highest BCUT2D eigenvalue weighted by Gasteiger charge is 2.26. The summed E-state index contributed by atoms with van der Waals surface area (Å²) in [6, 6.07) is 6.98. The van der Waals surface area contributed by atoms with E-state index in [1.54, 1.807) is 6.92 Å². The molecular formula is C15H24N2O2. The van der Waals surface area contributed by atoms with E-state index >= 15 is 0 Å². The molecule has 0 aromatic heterocycles. The fraction of sp³-hybridized carbons (Fsp3) is 0.533. The van der Waals surface area contributed by atoms with Crippen molar-refractivity contribution in [3.05, 3.63) is 35.4 Å². The lowest BCUT2D eigenvalue weighted by Gasteiger charge is -2.25. The van der Waals surface area contributed by atoms with Crippen molar-refractivity contribution >= 4 is 5.91 Å². The Morgan fingerprint density at radius 3 is 2.26 bits per heavy atom. The maximum Gasteiger partial charge on any atom is 0.237 e. The van der Waals surface area contributed by atoms with Crippen LogP contribution in [0.15, 0.2) is 24.3 Å². The summed E-state index contributed by atoms with van der Waals surface area (Å²) in [7, 11) is 0. The summed E-state index contributed by atoms with van der Waals surface area (Å²) < 4.78 is 0. The predicted molar refractivity (Wildman–Crippen MR) is 76.4 cm³/mol. The SMILES string of the molecule is CC(O)c1ccc(CNC(=O)[C@@H](N)C(C)(C)C)cc1. The van der Waals surface area contributed by atoms with E-state index in [1.807, 2.05) is 45.0 Å². The van der Waals surface area contributed by atoms with Gasteiger partial charge < -0.3 is 16.2 Å². The minimum absolute atomic E-state index is 0.146. The number of hydrogen-bond acceptors (Lipinski definition) is 3. The molecule has 0 aliphatic rings. The van der Waals surface area contributed by atoms with E-state index in [2.05, 4.69) is 5.32 Å². The molecule has 4 nitrogen and oxygen atoms in total. The average molecular weight is 264 g/mol. The van der Waals surface area contributed by atoms with Gasteiger partial charge in [-0.2, -0.15) is 0 Å². The number of aliphatic hydroxyl groups excluding tert-OH is 1. The van der Waals surface area contributed by atoms with Gasteiger partial charge in [0, 0.05) is 6.54 Å². The lowest BCUT2D eigenvalue weighted by Crippen LogP contribution is -2.48. The minimum Gasteiger partial charge on any atom is -0.389 e. The summed E-state index contributed by atoms with van der Waals surface area (Å²) in [6.07, 6.45) is -0.474. The van der Waals surface area contributed by atoms with E-state index in [1.165, 1.54) is 0 Å². The Kier molecular flexibility index (Phi) is 5.09. The summed E-state index contributed by atoms with van der Waals surface area (Å²) in [5.74, 6) is -0.146. The standard InChI is InChI=1S/C15H24N2O2/c1-10(18)12-7-5-11(6-8-12)9-17-14(19)13(16)15(2,3)4/h5-8,10,13,18H,9,16H2,1-4H3,(H,17,19)/t10?,13-/m1/s1. The Hall–Kier alpha value is -1.39. The number of carbonyl (C=O) groups excluding carboxylic acids is 1. The monoisotopic (exact) mass is 264 g/mol. The molecule has 1 amide bonds. The summed E-state index contributed by atoms with van der Waals surface area (Å²) in [5, 5.41) is 12.2. The first-order valence-corrected chi connectivity index (χ1v) is 6.52. The van der Waals surface area contributed by atoms with Gasteiger partial charge in [0.1, 0.15) is 0 Å². The highest BCUT2D eigenvalue weighted by Crippen LogP contribution is 2.17. The molecule has 0 radical (unpaired) electrons. The normalized spacial score (nSPS) is 14.8. The maximum atomic E-state index is 11.9. The molecule has 1 rings (SSSR count). The van der Waals surface area contributed by atoms with Crippen molar-refractivity contribution in [2.75, 3.05) is 0 Å². The number of aliphatic hydroxyl groups is 1. The van der Waals surface area contributed by atoms with Crippen molar-refractivity contribution in [3.8, 4) is 0 Å². The highest BCUT2D eigenvalue weighted by atomic mass is 16.3. The fourth-order valence-electron chi connectivity index (χ4n) is 1.61. The van der Waals surface area contributed by atoms with Gasteiger partial charge in [-0.05, 0) is 23.5 Å². The maximum absolute atomic E-state index is 11.9. The molecule has 0 heterocycles. The van der Waals surface area contributed by atoms with Gasteiger partial charge in [0.15, 0.2) is 0 Å². The highest BCUT2D eigenvalue weighted by molar-refractivity contribution is 5.82. The van der Waals surface area contributed by atoms with Gasteiger partial charge in [0.25, 0.3) is 0 Å². The van der Waals surface area contributed by atoms with Gasteiger partial charge in [-0.15, -0.1) is 0 Å². The summed E-state index contributed by atoms with van der Waals surface area (Å²) >= 11 is 0. The van der Waals surface area contributed by atoms with Crippen molar-refractivity contribution in [3.63, 3.8) is 0 Å². The van der Waals surface area contributed by atoms with Crippen LogP contribution in [0, 0.1) is 5.41 Å². The molecule has 0 saturated carbocycles. The van der Waals surface area contributed by atoms with Crippen molar-refractivity contribution in [2.24, 2.45) is 11.1 Å². The van der Waals surface area contributed by atoms with Gasteiger partial charge in [0.05, 0.1) is 12.1 Å². The molecule has 0 aliphatic heterocycles. The molecule has 1 unspecified atom stereocenters.